The first-order chi connectivity index (χ1) is 17.9. The van der Waals surface area contributed by atoms with Gasteiger partial charge in [-0.2, -0.15) is 4.98 Å². The second-order valence-corrected chi connectivity index (χ2v) is 8.97. The summed E-state index contributed by atoms with van der Waals surface area (Å²) in [4.78, 5) is 35.9. The largest absolute Gasteiger partial charge is 0.493 e. The minimum Gasteiger partial charge on any atom is -0.493 e. The summed E-state index contributed by atoms with van der Waals surface area (Å²) in [6, 6.07) is 5.41. The van der Waals surface area contributed by atoms with E-state index in [1.165, 1.54) is 0 Å². The number of nitrogens with one attached hydrogen (secondary N) is 3. The molecule has 0 radical (unpaired) electrons. The number of methoxy groups -OCH3 is 3. The highest BCUT2D eigenvalue weighted by molar-refractivity contribution is 5.77. The molecule has 11 nitrogen and oxygen atoms in total. The number of benzene rings is 1. The molecular weight excluding hydrogens is 476 g/mol. The van der Waals surface area contributed by atoms with Crippen LogP contribution in [0.3, 0.4) is 0 Å². The van der Waals surface area contributed by atoms with Crippen LogP contribution in [0.15, 0.2) is 24.4 Å². The summed E-state index contributed by atoms with van der Waals surface area (Å²) < 4.78 is 16.3. The highest BCUT2D eigenvalue weighted by atomic mass is 16.5. The number of rotatable bonds is 12. The van der Waals surface area contributed by atoms with Gasteiger partial charge in [0.2, 0.25) is 23.5 Å². The van der Waals surface area contributed by atoms with E-state index in [1.54, 1.807) is 39.7 Å². The van der Waals surface area contributed by atoms with Crippen molar-refractivity contribution in [3.63, 3.8) is 0 Å². The highest BCUT2D eigenvalue weighted by Gasteiger charge is 2.31. The molecule has 3 rings (SSSR count). The predicted octanol–water partition coefficient (Wildman–Crippen LogP) is 2.74. The van der Waals surface area contributed by atoms with Gasteiger partial charge in [-0.3, -0.25) is 9.59 Å². The number of carbonyl (C=O) groups is 2. The Morgan fingerprint density at radius 1 is 0.946 bits per heavy atom. The van der Waals surface area contributed by atoms with Crippen molar-refractivity contribution in [3.05, 3.63) is 24.4 Å². The molecule has 1 fully saturated rings. The van der Waals surface area contributed by atoms with Gasteiger partial charge in [0, 0.05) is 63.0 Å². The zero-order valence-electron chi connectivity index (χ0n) is 22.3. The Balaban J connectivity index is 1.82. The Labute approximate surface area is 218 Å². The quantitative estimate of drug-likeness (QED) is 0.392. The van der Waals surface area contributed by atoms with Gasteiger partial charge >= 0.3 is 0 Å². The fourth-order valence-electron chi connectivity index (χ4n) is 4.73. The molecule has 2 atom stereocenters. The predicted molar refractivity (Wildman–Crippen MR) is 142 cm³/mol. The zero-order chi connectivity index (χ0) is 26.8. The number of ether oxygens (including phenoxy) is 3. The number of hydrogen-bond donors (Lipinski definition) is 3. The van der Waals surface area contributed by atoms with Gasteiger partial charge in [0.1, 0.15) is 5.82 Å². The maximum absolute atomic E-state index is 12.3. The maximum Gasteiger partial charge on any atom is 0.229 e. The van der Waals surface area contributed by atoms with Crippen molar-refractivity contribution >= 4 is 29.3 Å². The van der Waals surface area contributed by atoms with Crippen LogP contribution in [0, 0.1) is 11.8 Å². The van der Waals surface area contributed by atoms with E-state index in [0.29, 0.717) is 67.9 Å². The first kappa shape index (κ1) is 27.8. The lowest BCUT2D eigenvalue weighted by molar-refractivity contribution is -0.122. The molecule has 0 aliphatic carbocycles. The molecule has 0 unspecified atom stereocenters. The third-order valence-electron chi connectivity index (χ3n) is 6.21. The van der Waals surface area contributed by atoms with Crippen LogP contribution in [0.1, 0.15) is 33.1 Å². The monoisotopic (exact) mass is 514 g/mol. The van der Waals surface area contributed by atoms with Crippen molar-refractivity contribution in [2.45, 2.75) is 33.1 Å². The number of anilines is 3. The summed E-state index contributed by atoms with van der Waals surface area (Å²) in [5, 5.41) is 8.98. The molecule has 2 amide bonds. The Bertz CT molecular complexity index is 1010. The van der Waals surface area contributed by atoms with E-state index in [4.69, 9.17) is 19.2 Å². The van der Waals surface area contributed by atoms with Crippen LogP contribution in [0.5, 0.6) is 17.2 Å². The van der Waals surface area contributed by atoms with Gasteiger partial charge in [-0.05, 0) is 38.2 Å². The second-order valence-electron chi connectivity index (χ2n) is 8.97. The molecule has 37 heavy (non-hydrogen) atoms. The van der Waals surface area contributed by atoms with Crippen LogP contribution in [0.25, 0.3) is 0 Å². The van der Waals surface area contributed by atoms with Gasteiger partial charge in [0.15, 0.2) is 11.5 Å². The molecule has 202 valence electrons. The number of nitrogens with zero attached hydrogens (tertiary/aromatic N) is 3. The third-order valence-corrected chi connectivity index (χ3v) is 6.21. The smallest absolute Gasteiger partial charge is 0.229 e. The molecule has 1 aliphatic rings. The van der Waals surface area contributed by atoms with E-state index in [9.17, 15) is 9.59 Å². The molecule has 11 heteroatoms. The summed E-state index contributed by atoms with van der Waals surface area (Å²) in [5.41, 5.74) is 0.675. The van der Waals surface area contributed by atoms with E-state index in [-0.39, 0.29) is 23.7 Å². The number of aromatic nitrogens is 2. The molecule has 0 saturated carbocycles. The lowest BCUT2D eigenvalue weighted by Crippen LogP contribution is -2.44. The van der Waals surface area contributed by atoms with Gasteiger partial charge in [-0.25, -0.2) is 4.98 Å². The van der Waals surface area contributed by atoms with Gasteiger partial charge in [0.05, 0.1) is 21.3 Å². The number of carbonyl (C=O) groups excluding carboxylic acids is 2. The van der Waals surface area contributed by atoms with Crippen LogP contribution in [-0.4, -0.2) is 69.3 Å². The molecule has 1 saturated heterocycles. The van der Waals surface area contributed by atoms with Gasteiger partial charge in [0.25, 0.3) is 0 Å². The fraction of sp³-hybridized carbons (Fsp3) is 0.538. The molecule has 0 spiro atoms. The van der Waals surface area contributed by atoms with Gasteiger partial charge in [-0.1, -0.05) is 0 Å². The summed E-state index contributed by atoms with van der Waals surface area (Å²) in [7, 11) is 4.67. The number of piperidine rings is 1. The van der Waals surface area contributed by atoms with E-state index >= 15 is 0 Å². The minimum absolute atomic E-state index is 0.0264. The molecule has 3 N–H and O–H groups in total. The average molecular weight is 515 g/mol. The van der Waals surface area contributed by atoms with E-state index in [2.05, 4.69) is 25.8 Å². The van der Waals surface area contributed by atoms with Crippen molar-refractivity contribution in [3.8, 4) is 17.2 Å². The first-order valence-electron chi connectivity index (χ1n) is 12.6. The maximum atomic E-state index is 12.3. The third kappa shape index (κ3) is 7.61. The minimum atomic E-state index is 0.0264. The summed E-state index contributed by atoms with van der Waals surface area (Å²) in [6.07, 6.45) is 3.33. The molecule has 2 heterocycles. The van der Waals surface area contributed by atoms with Gasteiger partial charge in [-0.15, -0.1) is 0 Å². The van der Waals surface area contributed by atoms with Crippen LogP contribution in [0.4, 0.5) is 17.5 Å². The van der Waals surface area contributed by atoms with Gasteiger partial charge < -0.3 is 35.1 Å². The van der Waals surface area contributed by atoms with Crippen molar-refractivity contribution in [2.75, 3.05) is 57.7 Å². The Kier molecular flexibility index (Phi) is 10.2. The van der Waals surface area contributed by atoms with Crippen LogP contribution < -0.4 is 35.1 Å². The van der Waals surface area contributed by atoms with Crippen LogP contribution in [-0.2, 0) is 9.59 Å². The van der Waals surface area contributed by atoms with Crippen molar-refractivity contribution < 1.29 is 23.8 Å². The Hall–Kier alpha value is -3.76. The van der Waals surface area contributed by atoms with E-state index in [1.807, 2.05) is 19.9 Å². The van der Waals surface area contributed by atoms with Crippen molar-refractivity contribution in [1.82, 2.24) is 20.6 Å². The lowest BCUT2D eigenvalue weighted by Gasteiger charge is -2.38. The fourth-order valence-corrected chi connectivity index (χ4v) is 4.73. The Morgan fingerprint density at radius 2 is 1.51 bits per heavy atom. The first-order valence-corrected chi connectivity index (χ1v) is 12.6. The lowest BCUT2D eigenvalue weighted by atomic mass is 9.85. The Morgan fingerprint density at radius 3 is 2.00 bits per heavy atom. The molecule has 0 bridgehead atoms. The highest BCUT2D eigenvalue weighted by Crippen LogP contribution is 2.40. The summed E-state index contributed by atoms with van der Waals surface area (Å²) in [6.45, 7) is 6.35. The average Bonchev–Trinajstić information content (AvgIpc) is 2.88. The van der Waals surface area contributed by atoms with Crippen molar-refractivity contribution in [2.24, 2.45) is 11.8 Å². The standard InChI is InChI=1S/C26H38N6O5/c1-6-27-23(33)11-17-10-18(12-24(34)28-7-2)16-32(15-17)22-8-9-29-26(31-22)30-19-13-20(35-3)25(37-5)21(14-19)36-4/h8-9,13-14,17-18H,6-7,10-12,15-16H2,1-5H3,(H,27,33)(H,28,34)(H,29,30,31)/t17-,18+. The summed E-state index contributed by atoms with van der Waals surface area (Å²) >= 11 is 0. The van der Waals surface area contributed by atoms with Crippen molar-refractivity contribution in [1.29, 1.82) is 0 Å². The molecular formula is C26H38N6O5. The van der Waals surface area contributed by atoms with E-state index < -0.39 is 0 Å². The second kappa shape index (κ2) is 13.5. The topological polar surface area (TPSA) is 127 Å². The summed E-state index contributed by atoms with van der Waals surface area (Å²) in [5.74, 6) is 2.93. The SMILES string of the molecule is CCNC(=O)C[C@@H]1C[C@H](CC(=O)NCC)CN(c2ccnc(Nc3cc(OC)c(OC)c(OC)c3)n2)C1. The zero-order valence-corrected chi connectivity index (χ0v) is 22.3. The molecule has 1 aliphatic heterocycles. The normalized spacial score (nSPS) is 17.1. The number of amides is 2. The molecule has 1 aromatic heterocycles. The van der Waals surface area contributed by atoms with E-state index in [0.717, 1.165) is 12.2 Å². The molecule has 1 aromatic carbocycles. The van der Waals surface area contributed by atoms with Crippen LogP contribution >= 0.6 is 0 Å². The van der Waals surface area contributed by atoms with Crippen LogP contribution in [0.2, 0.25) is 0 Å². The number of hydrogen-bond acceptors (Lipinski definition) is 9. The molecule has 2 aromatic rings.